The molecular formula is C36H74O2PS2-. The summed E-state index contributed by atoms with van der Waals surface area (Å²) in [5.41, 5.74) is -2.46. The third-order valence-electron chi connectivity index (χ3n) is 8.49. The van der Waals surface area contributed by atoms with Crippen LogP contribution in [0.1, 0.15) is 219 Å². The highest BCUT2D eigenvalue weighted by Gasteiger charge is 2.03. The zero-order valence-corrected chi connectivity index (χ0v) is 30.6. The van der Waals surface area contributed by atoms with Crippen molar-refractivity contribution in [3.63, 3.8) is 0 Å². The van der Waals surface area contributed by atoms with Crippen LogP contribution < -0.4 is 0 Å². The lowest BCUT2D eigenvalue weighted by Gasteiger charge is -2.28. The predicted molar refractivity (Wildman–Crippen MR) is 193 cm³/mol. The van der Waals surface area contributed by atoms with E-state index in [0.29, 0.717) is 13.2 Å². The van der Waals surface area contributed by atoms with Gasteiger partial charge in [0.05, 0.1) is 18.9 Å². The largest absolute Gasteiger partial charge is 0.691 e. The van der Waals surface area contributed by atoms with Gasteiger partial charge in [0.2, 0.25) is 0 Å². The normalized spacial score (nSPS) is 12.0. The second-order valence-corrected chi connectivity index (χ2v) is 17.7. The molecule has 248 valence electrons. The lowest BCUT2D eigenvalue weighted by Crippen LogP contribution is -1.97. The summed E-state index contributed by atoms with van der Waals surface area (Å²) >= 11 is 10.9. The van der Waals surface area contributed by atoms with Gasteiger partial charge in [-0.3, -0.25) is 0 Å². The molecule has 0 amide bonds. The smallest absolute Gasteiger partial charge is 0.0563 e. The molecule has 0 atom stereocenters. The lowest BCUT2D eigenvalue weighted by molar-refractivity contribution is 0.249. The molecule has 5 heteroatoms. The van der Waals surface area contributed by atoms with Gasteiger partial charge in [-0.15, -0.1) is 0 Å². The molecule has 0 rings (SSSR count). The average Bonchev–Trinajstić information content (AvgIpc) is 2.96. The van der Waals surface area contributed by atoms with Crippen LogP contribution in [0, 0.1) is 0 Å². The van der Waals surface area contributed by atoms with Gasteiger partial charge in [-0.05, 0) is 12.8 Å². The summed E-state index contributed by atoms with van der Waals surface area (Å²) < 4.78 is 11.6. The molecule has 0 fully saturated rings. The van der Waals surface area contributed by atoms with E-state index in [1.807, 2.05) is 0 Å². The lowest BCUT2D eigenvalue weighted by atomic mass is 10.0. The second-order valence-electron chi connectivity index (χ2n) is 12.7. The highest BCUT2D eigenvalue weighted by atomic mass is 32.9. The van der Waals surface area contributed by atoms with Crippen LogP contribution in [-0.4, -0.2) is 13.2 Å². The van der Waals surface area contributed by atoms with Gasteiger partial charge in [0.15, 0.2) is 0 Å². The van der Waals surface area contributed by atoms with E-state index in [1.54, 1.807) is 0 Å². The molecule has 0 spiro atoms. The number of rotatable bonds is 36. The van der Waals surface area contributed by atoms with Crippen LogP contribution in [0.4, 0.5) is 0 Å². The molecule has 0 aromatic heterocycles. The monoisotopic (exact) mass is 633 g/mol. The van der Waals surface area contributed by atoms with Crippen LogP contribution in [0.2, 0.25) is 0 Å². The van der Waals surface area contributed by atoms with Crippen LogP contribution in [-0.2, 0) is 33.1 Å². The van der Waals surface area contributed by atoms with Crippen molar-refractivity contribution in [2.75, 3.05) is 13.2 Å². The molecule has 0 aliphatic carbocycles. The number of hydrogen-bond donors (Lipinski definition) is 0. The first-order valence-electron chi connectivity index (χ1n) is 18.7. The molecule has 0 N–H and O–H groups in total. The molecule has 0 aromatic rings. The van der Waals surface area contributed by atoms with Crippen molar-refractivity contribution in [2.45, 2.75) is 219 Å². The van der Waals surface area contributed by atoms with Crippen molar-refractivity contribution in [3.05, 3.63) is 0 Å². The zero-order chi connectivity index (χ0) is 30.0. The Hall–Kier alpha value is 0.920. The first kappa shape index (κ1) is 41.9. The predicted octanol–water partition coefficient (Wildman–Crippen LogP) is 14.3. The summed E-state index contributed by atoms with van der Waals surface area (Å²) in [4.78, 5) is 0. The summed E-state index contributed by atoms with van der Waals surface area (Å²) in [6.45, 7) is 5.94. The van der Waals surface area contributed by atoms with Crippen LogP contribution in [0.5, 0.6) is 0 Å². The Balaban J connectivity index is 3.26. The molecule has 0 bridgehead atoms. The van der Waals surface area contributed by atoms with Gasteiger partial charge in [-0.2, -0.15) is 0 Å². The first-order chi connectivity index (χ1) is 20.1. The third-order valence-corrected chi connectivity index (χ3v) is 10.8. The highest BCUT2D eigenvalue weighted by Crippen LogP contribution is 2.46. The van der Waals surface area contributed by atoms with Crippen LogP contribution in [0.25, 0.3) is 0 Å². The summed E-state index contributed by atoms with van der Waals surface area (Å²) in [5.74, 6) is 0. The summed E-state index contributed by atoms with van der Waals surface area (Å²) in [6.07, 6.45) is 44.2. The minimum atomic E-state index is -2.46. The molecule has 0 aliphatic rings. The van der Waals surface area contributed by atoms with Gasteiger partial charge < -0.3 is 21.3 Å². The van der Waals surface area contributed by atoms with Crippen LogP contribution in [0.15, 0.2) is 0 Å². The van der Waals surface area contributed by atoms with Gasteiger partial charge in [-0.25, -0.2) is 0 Å². The van der Waals surface area contributed by atoms with E-state index in [1.165, 1.54) is 193 Å². The Bertz CT molecular complexity index is 490. The van der Waals surface area contributed by atoms with E-state index in [2.05, 4.69) is 13.8 Å². The Kier molecular flexibility index (Phi) is 36.2. The second kappa shape index (κ2) is 35.4. The molecule has 0 aromatic carbocycles. The fourth-order valence-corrected chi connectivity index (χ4v) is 7.36. The standard InChI is InChI=1S/C36H75O2PS2/c1-3-5-7-9-11-13-15-17-19-21-23-25-27-29-31-33-35-37-39(40,41)38-36-34-32-30-28-26-24-22-20-18-16-14-12-10-8-6-4-2/h3-36H2,1-2H3,(H,40,41)/p-1. The molecule has 0 unspecified atom stereocenters. The average molecular weight is 634 g/mol. The Morgan fingerprint density at radius 1 is 0.341 bits per heavy atom. The quantitative estimate of drug-likeness (QED) is 0.0388. The van der Waals surface area contributed by atoms with Crippen molar-refractivity contribution in [1.29, 1.82) is 0 Å². The molecule has 0 saturated carbocycles. The fraction of sp³-hybridized carbons (Fsp3) is 1.00. The molecule has 41 heavy (non-hydrogen) atoms. The minimum Gasteiger partial charge on any atom is -0.691 e. The van der Waals surface area contributed by atoms with E-state index in [4.69, 9.17) is 33.1 Å². The molecule has 2 nitrogen and oxygen atoms in total. The van der Waals surface area contributed by atoms with Crippen molar-refractivity contribution >= 4 is 29.7 Å². The van der Waals surface area contributed by atoms with E-state index in [0.717, 1.165) is 12.8 Å². The van der Waals surface area contributed by atoms with Gasteiger partial charge >= 0.3 is 0 Å². The van der Waals surface area contributed by atoms with Crippen molar-refractivity contribution in [1.82, 2.24) is 0 Å². The molecule has 0 radical (unpaired) electrons. The topological polar surface area (TPSA) is 18.5 Å². The van der Waals surface area contributed by atoms with E-state index in [9.17, 15) is 0 Å². The maximum atomic E-state index is 5.80. The van der Waals surface area contributed by atoms with Crippen LogP contribution in [0.3, 0.4) is 0 Å². The van der Waals surface area contributed by atoms with Crippen molar-refractivity contribution in [2.24, 2.45) is 0 Å². The molecule has 0 saturated heterocycles. The van der Waals surface area contributed by atoms with Gasteiger partial charge in [0.25, 0.3) is 0 Å². The first-order valence-corrected chi connectivity index (χ1v) is 22.4. The number of hydrogen-bond acceptors (Lipinski definition) is 4. The Labute approximate surface area is 270 Å². The van der Waals surface area contributed by atoms with Crippen molar-refractivity contribution in [3.8, 4) is 0 Å². The summed E-state index contributed by atoms with van der Waals surface area (Å²) in [7, 11) is 0. The van der Waals surface area contributed by atoms with E-state index >= 15 is 0 Å². The fourth-order valence-electron chi connectivity index (χ4n) is 5.69. The summed E-state index contributed by atoms with van der Waals surface area (Å²) in [5, 5.41) is 0. The molecule has 0 aliphatic heterocycles. The van der Waals surface area contributed by atoms with E-state index in [-0.39, 0.29) is 0 Å². The Morgan fingerprint density at radius 3 is 0.707 bits per heavy atom. The third kappa shape index (κ3) is 37.0. The molecule has 0 heterocycles. The minimum absolute atomic E-state index is 0.679. The van der Waals surface area contributed by atoms with Gasteiger partial charge in [-0.1, -0.05) is 218 Å². The SMILES string of the molecule is CCCCCCCCCCCCCCCCCCOP(=S)([S-])OCCCCCCCCCCCCCCCCCC. The van der Waals surface area contributed by atoms with Crippen LogP contribution >= 0.6 is 5.69 Å². The number of unbranched alkanes of at least 4 members (excludes halogenated alkanes) is 30. The van der Waals surface area contributed by atoms with Gasteiger partial charge in [0.1, 0.15) is 0 Å². The maximum Gasteiger partial charge on any atom is 0.0563 e. The van der Waals surface area contributed by atoms with Gasteiger partial charge in [0, 0.05) is 0 Å². The van der Waals surface area contributed by atoms with E-state index < -0.39 is 5.69 Å². The molecular weight excluding hydrogens is 560 g/mol. The Morgan fingerprint density at radius 2 is 0.512 bits per heavy atom. The van der Waals surface area contributed by atoms with Crippen molar-refractivity contribution < 1.29 is 9.05 Å². The summed E-state index contributed by atoms with van der Waals surface area (Å²) in [6, 6.07) is 0. The zero-order valence-electron chi connectivity index (χ0n) is 28.1. The highest BCUT2D eigenvalue weighted by molar-refractivity contribution is 8.51. The maximum absolute atomic E-state index is 5.80.